The number of rotatable bonds is 3. The molecule has 0 aliphatic heterocycles. The van der Waals surface area contributed by atoms with Gasteiger partial charge in [0.05, 0.1) is 6.61 Å². The van der Waals surface area contributed by atoms with E-state index in [1.807, 2.05) is 31.2 Å². The van der Waals surface area contributed by atoms with Gasteiger partial charge in [0.25, 0.3) is 0 Å². The summed E-state index contributed by atoms with van der Waals surface area (Å²) in [5.74, 6) is 0.889. The standard InChI is InChI=1S/C10H9IN2OS/c1-2-14-8-5-3-7(4-6-8)9-12-13-10(11)15-9/h3-6H,2H2,1H3. The van der Waals surface area contributed by atoms with Crippen LogP contribution < -0.4 is 4.74 Å². The Morgan fingerprint density at radius 1 is 1.27 bits per heavy atom. The van der Waals surface area contributed by atoms with Crippen molar-refractivity contribution < 1.29 is 4.74 Å². The van der Waals surface area contributed by atoms with Crippen molar-refractivity contribution in [2.45, 2.75) is 6.92 Å². The van der Waals surface area contributed by atoms with Gasteiger partial charge in [0.1, 0.15) is 10.8 Å². The first-order chi connectivity index (χ1) is 7.29. The van der Waals surface area contributed by atoms with Crippen LogP contribution >= 0.6 is 33.9 Å². The summed E-state index contributed by atoms with van der Waals surface area (Å²) in [6, 6.07) is 7.91. The molecule has 0 unspecified atom stereocenters. The van der Waals surface area contributed by atoms with Crippen molar-refractivity contribution >= 4 is 33.9 Å². The first kappa shape index (κ1) is 10.8. The first-order valence-electron chi connectivity index (χ1n) is 4.52. The zero-order valence-corrected chi connectivity index (χ0v) is 11.1. The fraction of sp³-hybridized carbons (Fsp3) is 0.200. The molecule has 0 amide bonds. The minimum absolute atomic E-state index is 0.691. The average molecular weight is 332 g/mol. The third-order valence-electron chi connectivity index (χ3n) is 1.81. The van der Waals surface area contributed by atoms with Crippen LogP contribution in [-0.4, -0.2) is 16.8 Å². The minimum atomic E-state index is 0.691. The highest BCUT2D eigenvalue weighted by Crippen LogP contribution is 2.25. The molecule has 0 radical (unpaired) electrons. The van der Waals surface area contributed by atoms with Crippen molar-refractivity contribution in [2.75, 3.05) is 6.61 Å². The number of halogens is 1. The van der Waals surface area contributed by atoms with Gasteiger partial charge in [-0.25, -0.2) is 0 Å². The Kier molecular flexibility index (Phi) is 3.53. The van der Waals surface area contributed by atoms with E-state index < -0.39 is 0 Å². The van der Waals surface area contributed by atoms with Crippen molar-refractivity contribution in [1.29, 1.82) is 0 Å². The van der Waals surface area contributed by atoms with Gasteiger partial charge in [-0.2, -0.15) is 0 Å². The molecular formula is C10H9IN2OS. The zero-order valence-electron chi connectivity index (χ0n) is 8.11. The summed E-state index contributed by atoms with van der Waals surface area (Å²) >= 11 is 3.75. The lowest BCUT2D eigenvalue weighted by molar-refractivity contribution is 0.340. The number of hydrogen-bond donors (Lipinski definition) is 0. The lowest BCUT2D eigenvalue weighted by Crippen LogP contribution is -1.90. The fourth-order valence-corrected chi connectivity index (χ4v) is 2.49. The maximum atomic E-state index is 5.37. The third-order valence-corrected chi connectivity index (χ3v) is 3.45. The molecule has 2 aromatic rings. The molecule has 5 heteroatoms. The highest BCUT2D eigenvalue weighted by atomic mass is 127. The maximum absolute atomic E-state index is 5.37. The Morgan fingerprint density at radius 3 is 2.53 bits per heavy atom. The van der Waals surface area contributed by atoms with Gasteiger partial charge in [-0.05, 0) is 53.8 Å². The number of hydrogen-bond acceptors (Lipinski definition) is 4. The topological polar surface area (TPSA) is 35.0 Å². The Hall–Kier alpha value is -0.690. The molecule has 0 saturated carbocycles. The van der Waals surface area contributed by atoms with Crippen molar-refractivity contribution in [3.8, 4) is 16.3 Å². The second-order valence-electron chi connectivity index (χ2n) is 2.82. The van der Waals surface area contributed by atoms with E-state index in [4.69, 9.17) is 4.74 Å². The van der Waals surface area contributed by atoms with Gasteiger partial charge >= 0.3 is 0 Å². The molecule has 0 saturated heterocycles. The van der Waals surface area contributed by atoms with Crippen molar-refractivity contribution in [3.05, 3.63) is 27.3 Å². The fourth-order valence-electron chi connectivity index (χ4n) is 1.18. The normalized spacial score (nSPS) is 10.3. The highest BCUT2D eigenvalue weighted by Gasteiger charge is 2.04. The van der Waals surface area contributed by atoms with E-state index in [0.29, 0.717) is 6.61 Å². The molecule has 0 N–H and O–H groups in total. The molecule has 1 aromatic carbocycles. The summed E-state index contributed by atoms with van der Waals surface area (Å²) in [5, 5.41) is 9.00. The van der Waals surface area contributed by atoms with Crippen LogP contribution in [0.2, 0.25) is 0 Å². The van der Waals surface area contributed by atoms with Gasteiger partial charge in [0.15, 0.2) is 3.01 Å². The van der Waals surface area contributed by atoms with E-state index in [-0.39, 0.29) is 0 Å². The Labute approximate surface area is 106 Å². The molecule has 3 nitrogen and oxygen atoms in total. The third kappa shape index (κ3) is 2.66. The number of aromatic nitrogens is 2. The number of ether oxygens (including phenoxy) is 1. The van der Waals surface area contributed by atoms with Crippen LogP contribution in [0.15, 0.2) is 24.3 Å². The highest BCUT2D eigenvalue weighted by molar-refractivity contribution is 14.1. The average Bonchev–Trinajstić information content (AvgIpc) is 2.67. The second kappa shape index (κ2) is 4.89. The van der Waals surface area contributed by atoms with Crippen LogP contribution in [0.25, 0.3) is 10.6 Å². The van der Waals surface area contributed by atoms with Crippen LogP contribution in [0.4, 0.5) is 0 Å². The van der Waals surface area contributed by atoms with Crippen LogP contribution in [-0.2, 0) is 0 Å². The molecular weight excluding hydrogens is 323 g/mol. The molecule has 0 atom stereocenters. The Balaban J connectivity index is 2.23. The zero-order chi connectivity index (χ0) is 10.7. The summed E-state index contributed by atoms with van der Waals surface area (Å²) in [6.45, 7) is 2.66. The molecule has 0 aliphatic rings. The van der Waals surface area contributed by atoms with Crippen molar-refractivity contribution in [3.63, 3.8) is 0 Å². The summed E-state index contributed by atoms with van der Waals surface area (Å²) < 4.78 is 6.32. The van der Waals surface area contributed by atoms with Crippen molar-refractivity contribution in [1.82, 2.24) is 10.2 Å². The second-order valence-corrected chi connectivity index (χ2v) is 5.55. The number of nitrogens with zero attached hydrogens (tertiary/aromatic N) is 2. The lowest BCUT2D eigenvalue weighted by atomic mass is 10.2. The number of benzene rings is 1. The molecule has 78 valence electrons. The van der Waals surface area contributed by atoms with Crippen LogP contribution in [0.1, 0.15) is 6.92 Å². The van der Waals surface area contributed by atoms with Gasteiger partial charge in [-0.1, -0.05) is 11.3 Å². The van der Waals surface area contributed by atoms with E-state index >= 15 is 0 Å². The summed E-state index contributed by atoms with van der Waals surface area (Å²) in [7, 11) is 0. The molecule has 2 rings (SSSR count). The SMILES string of the molecule is CCOc1ccc(-c2nnc(I)s2)cc1. The maximum Gasteiger partial charge on any atom is 0.178 e. The van der Waals surface area contributed by atoms with Gasteiger partial charge in [0.2, 0.25) is 0 Å². The van der Waals surface area contributed by atoms with Crippen LogP contribution in [0.5, 0.6) is 5.75 Å². The largest absolute Gasteiger partial charge is 0.494 e. The molecule has 0 spiro atoms. The molecule has 0 bridgehead atoms. The van der Waals surface area contributed by atoms with E-state index in [2.05, 4.69) is 32.8 Å². The molecule has 0 fully saturated rings. The van der Waals surface area contributed by atoms with E-state index in [0.717, 1.165) is 19.3 Å². The van der Waals surface area contributed by atoms with Gasteiger partial charge in [0, 0.05) is 5.56 Å². The van der Waals surface area contributed by atoms with E-state index in [1.54, 1.807) is 11.3 Å². The Bertz CT molecular complexity index is 441. The molecule has 1 heterocycles. The van der Waals surface area contributed by atoms with Gasteiger partial charge in [-0.3, -0.25) is 0 Å². The monoisotopic (exact) mass is 332 g/mol. The molecule has 0 aliphatic carbocycles. The van der Waals surface area contributed by atoms with Crippen LogP contribution in [0, 0.1) is 3.01 Å². The first-order valence-corrected chi connectivity index (χ1v) is 6.41. The Morgan fingerprint density at radius 2 is 2.00 bits per heavy atom. The summed E-state index contributed by atoms with van der Waals surface area (Å²) in [6.07, 6.45) is 0. The smallest absolute Gasteiger partial charge is 0.178 e. The van der Waals surface area contributed by atoms with Crippen molar-refractivity contribution in [2.24, 2.45) is 0 Å². The van der Waals surface area contributed by atoms with Gasteiger partial charge < -0.3 is 4.74 Å². The van der Waals surface area contributed by atoms with Crippen LogP contribution in [0.3, 0.4) is 0 Å². The lowest BCUT2D eigenvalue weighted by Gasteiger charge is -2.02. The predicted molar refractivity (Wildman–Crippen MR) is 69.2 cm³/mol. The van der Waals surface area contributed by atoms with Gasteiger partial charge in [-0.15, -0.1) is 10.2 Å². The van der Waals surface area contributed by atoms with E-state index in [9.17, 15) is 0 Å². The molecule has 1 aromatic heterocycles. The molecule has 15 heavy (non-hydrogen) atoms. The minimum Gasteiger partial charge on any atom is -0.494 e. The quantitative estimate of drug-likeness (QED) is 0.810. The summed E-state index contributed by atoms with van der Waals surface area (Å²) in [5.41, 5.74) is 1.08. The predicted octanol–water partition coefficient (Wildman–Crippen LogP) is 3.21. The summed E-state index contributed by atoms with van der Waals surface area (Å²) in [4.78, 5) is 0. The van der Waals surface area contributed by atoms with E-state index in [1.165, 1.54) is 0 Å².